The Morgan fingerprint density at radius 2 is 1.75 bits per heavy atom. The number of carboxylic acid groups (broad SMARTS) is 1. The van der Waals surface area contributed by atoms with Crippen LogP contribution in [0.1, 0.15) is 15.9 Å². The van der Waals surface area contributed by atoms with Gasteiger partial charge in [0.15, 0.2) is 5.75 Å². The van der Waals surface area contributed by atoms with Gasteiger partial charge in [-0.2, -0.15) is 0 Å². The van der Waals surface area contributed by atoms with E-state index in [2.05, 4.69) is 0 Å². The molecule has 4 N–H and O–H groups in total. The van der Waals surface area contributed by atoms with Crippen molar-refractivity contribution >= 4 is 57.1 Å². The normalized spacial score (nSPS) is 11.8. The molecular formula is C16H13I2NO5. The third-order valence-corrected chi connectivity index (χ3v) is 4.75. The zero-order valence-electron chi connectivity index (χ0n) is 12.2. The third-order valence-electron chi connectivity index (χ3n) is 3.15. The molecule has 0 heterocycles. The van der Waals surface area contributed by atoms with Gasteiger partial charge in [-0.05, 0) is 81.4 Å². The van der Waals surface area contributed by atoms with E-state index in [4.69, 9.17) is 15.6 Å². The number of phenolic OH excluding ortho intramolecular Hbond substituents is 1. The van der Waals surface area contributed by atoms with Crippen LogP contribution < -0.4 is 10.5 Å². The number of hydrogen-bond donors (Lipinski definition) is 3. The molecule has 24 heavy (non-hydrogen) atoms. The van der Waals surface area contributed by atoms with Gasteiger partial charge in [0.05, 0.1) is 7.14 Å². The molecule has 2 aromatic carbocycles. The average Bonchev–Trinajstić information content (AvgIpc) is 2.51. The molecule has 0 unspecified atom stereocenters. The molecule has 6 nitrogen and oxygen atoms in total. The highest BCUT2D eigenvalue weighted by Gasteiger charge is 2.19. The molecule has 126 valence electrons. The number of nitrogens with two attached hydrogens (primary N) is 1. The molecule has 0 radical (unpaired) electrons. The molecule has 0 spiro atoms. The highest BCUT2D eigenvalue weighted by molar-refractivity contribution is 14.1. The summed E-state index contributed by atoms with van der Waals surface area (Å²) in [6.07, 6.45) is 0.176. The first-order valence-electron chi connectivity index (χ1n) is 6.76. The standard InChI is InChI=1S/C16H13I2NO5/c17-10-5-8(7-12(19)15(21)22)6-11(18)14(10)24-16(23)9-3-1-2-4-13(9)20/h1-6,12,20H,7,19H2,(H,21,22)/t12-/m0/s1. The molecule has 0 saturated heterocycles. The van der Waals surface area contributed by atoms with Crippen molar-refractivity contribution in [2.75, 3.05) is 0 Å². The van der Waals surface area contributed by atoms with Crippen LogP contribution in [0.4, 0.5) is 0 Å². The zero-order valence-corrected chi connectivity index (χ0v) is 16.5. The van der Waals surface area contributed by atoms with Gasteiger partial charge in [0.2, 0.25) is 0 Å². The molecule has 0 aliphatic carbocycles. The van der Waals surface area contributed by atoms with E-state index < -0.39 is 18.0 Å². The summed E-state index contributed by atoms with van der Waals surface area (Å²) < 4.78 is 6.69. The Morgan fingerprint density at radius 3 is 2.29 bits per heavy atom. The SMILES string of the molecule is N[C@@H](Cc1cc(I)c(OC(=O)c2ccccc2O)c(I)c1)C(=O)O. The van der Waals surface area contributed by atoms with Gasteiger partial charge in [-0.25, -0.2) is 4.79 Å². The Morgan fingerprint density at radius 1 is 1.17 bits per heavy atom. The van der Waals surface area contributed by atoms with Gasteiger partial charge in [-0.15, -0.1) is 0 Å². The van der Waals surface area contributed by atoms with Crippen LogP contribution in [0.5, 0.6) is 11.5 Å². The summed E-state index contributed by atoms with van der Waals surface area (Å²) in [6.45, 7) is 0. The van der Waals surface area contributed by atoms with E-state index in [0.29, 0.717) is 12.9 Å². The highest BCUT2D eigenvalue weighted by Crippen LogP contribution is 2.31. The number of para-hydroxylation sites is 1. The summed E-state index contributed by atoms with van der Waals surface area (Å²) in [5.41, 5.74) is 6.35. The van der Waals surface area contributed by atoms with Crippen LogP contribution in [-0.4, -0.2) is 28.2 Å². The Balaban J connectivity index is 2.24. The fourth-order valence-corrected chi connectivity index (χ4v) is 4.08. The van der Waals surface area contributed by atoms with Crippen molar-refractivity contribution in [1.82, 2.24) is 0 Å². The quantitative estimate of drug-likeness (QED) is 0.299. The van der Waals surface area contributed by atoms with Crippen LogP contribution >= 0.6 is 45.2 Å². The van der Waals surface area contributed by atoms with Crippen LogP contribution in [0.25, 0.3) is 0 Å². The monoisotopic (exact) mass is 553 g/mol. The van der Waals surface area contributed by atoms with E-state index in [1.165, 1.54) is 12.1 Å². The number of carbonyl (C=O) groups is 2. The summed E-state index contributed by atoms with van der Waals surface area (Å²) in [4.78, 5) is 23.1. The van der Waals surface area contributed by atoms with Crippen molar-refractivity contribution in [2.45, 2.75) is 12.5 Å². The van der Waals surface area contributed by atoms with E-state index in [-0.39, 0.29) is 17.7 Å². The van der Waals surface area contributed by atoms with E-state index in [1.807, 2.05) is 45.2 Å². The number of halogens is 2. The molecule has 0 bridgehead atoms. The molecule has 2 aromatic rings. The summed E-state index contributed by atoms with van der Waals surface area (Å²) in [7, 11) is 0. The van der Waals surface area contributed by atoms with Gasteiger partial charge < -0.3 is 20.7 Å². The zero-order chi connectivity index (χ0) is 17.9. The predicted molar refractivity (Wildman–Crippen MR) is 104 cm³/mol. The molecule has 0 saturated carbocycles. The average molecular weight is 553 g/mol. The van der Waals surface area contributed by atoms with Crippen molar-refractivity contribution in [3.63, 3.8) is 0 Å². The molecule has 0 amide bonds. The van der Waals surface area contributed by atoms with Crippen molar-refractivity contribution in [3.05, 3.63) is 54.7 Å². The van der Waals surface area contributed by atoms with Crippen molar-refractivity contribution in [1.29, 1.82) is 0 Å². The lowest BCUT2D eigenvalue weighted by molar-refractivity contribution is -0.138. The number of benzene rings is 2. The number of phenols is 1. The summed E-state index contributed by atoms with van der Waals surface area (Å²) >= 11 is 4.01. The maximum atomic E-state index is 12.2. The number of rotatable bonds is 5. The van der Waals surface area contributed by atoms with E-state index in [1.54, 1.807) is 24.3 Å². The van der Waals surface area contributed by atoms with Crippen molar-refractivity contribution < 1.29 is 24.5 Å². The second-order valence-electron chi connectivity index (χ2n) is 4.94. The number of hydrogen-bond acceptors (Lipinski definition) is 5. The molecule has 0 aliphatic rings. The maximum absolute atomic E-state index is 12.2. The van der Waals surface area contributed by atoms with Crippen molar-refractivity contribution in [3.8, 4) is 11.5 Å². The minimum atomic E-state index is -1.07. The number of ether oxygens (including phenoxy) is 1. The van der Waals surface area contributed by atoms with Crippen LogP contribution in [-0.2, 0) is 11.2 Å². The number of esters is 1. The molecule has 2 rings (SSSR count). The molecule has 1 atom stereocenters. The highest BCUT2D eigenvalue weighted by atomic mass is 127. The van der Waals surface area contributed by atoms with Crippen LogP contribution in [0.2, 0.25) is 0 Å². The minimum Gasteiger partial charge on any atom is -0.507 e. The maximum Gasteiger partial charge on any atom is 0.347 e. The predicted octanol–water partition coefficient (Wildman–Crippen LogP) is 2.78. The first kappa shape index (κ1) is 18.9. The smallest absolute Gasteiger partial charge is 0.347 e. The number of aromatic hydroxyl groups is 1. The molecule has 0 aromatic heterocycles. The van der Waals surface area contributed by atoms with Gasteiger partial charge >= 0.3 is 11.9 Å². The van der Waals surface area contributed by atoms with Crippen LogP contribution in [0.3, 0.4) is 0 Å². The second-order valence-corrected chi connectivity index (χ2v) is 7.27. The van der Waals surface area contributed by atoms with E-state index in [9.17, 15) is 14.7 Å². The fraction of sp³-hybridized carbons (Fsp3) is 0.125. The Kier molecular flexibility index (Phi) is 6.40. The van der Waals surface area contributed by atoms with Gasteiger partial charge in [-0.3, -0.25) is 4.79 Å². The van der Waals surface area contributed by atoms with Gasteiger partial charge in [0.1, 0.15) is 17.4 Å². The largest absolute Gasteiger partial charge is 0.507 e. The second kappa shape index (κ2) is 8.12. The van der Waals surface area contributed by atoms with Gasteiger partial charge in [0, 0.05) is 0 Å². The lowest BCUT2D eigenvalue weighted by Gasteiger charge is -2.13. The number of carboxylic acids is 1. The molecule has 8 heteroatoms. The Bertz CT molecular complexity index is 771. The van der Waals surface area contributed by atoms with E-state index >= 15 is 0 Å². The van der Waals surface area contributed by atoms with Gasteiger partial charge in [0.25, 0.3) is 0 Å². The van der Waals surface area contributed by atoms with Crippen molar-refractivity contribution in [2.24, 2.45) is 5.73 Å². The lowest BCUT2D eigenvalue weighted by atomic mass is 10.1. The number of aliphatic carboxylic acids is 1. The fourth-order valence-electron chi connectivity index (χ4n) is 1.96. The first-order chi connectivity index (χ1) is 11.3. The lowest BCUT2D eigenvalue weighted by Crippen LogP contribution is -2.32. The minimum absolute atomic E-state index is 0.0704. The summed E-state index contributed by atoms with van der Waals surface area (Å²) in [6, 6.07) is 8.56. The van der Waals surface area contributed by atoms with Crippen LogP contribution in [0, 0.1) is 7.14 Å². The van der Waals surface area contributed by atoms with Crippen LogP contribution in [0.15, 0.2) is 36.4 Å². The summed E-state index contributed by atoms with van der Waals surface area (Å²) in [5.74, 6) is -1.54. The Labute approximate surface area is 165 Å². The Hall–Kier alpha value is -1.40. The topological polar surface area (TPSA) is 110 Å². The first-order valence-corrected chi connectivity index (χ1v) is 8.92. The third kappa shape index (κ3) is 4.57. The summed E-state index contributed by atoms with van der Waals surface area (Å²) in [5, 5.41) is 18.6. The van der Waals surface area contributed by atoms with Gasteiger partial charge in [-0.1, -0.05) is 12.1 Å². The number of carbonyl (C=O) groups excluding carboxylic acids is 1. The molecular weight excluding hydrogens is 540 g/mol. The molecule has 0 aliphatic heterocycles. The molecule has 0 fully saturated rings. The van der Waals surface area contributed by atoms with E-state index in [0.717, 1.165) is 5.56 Å².